The largest absolute Gasteiger partial charge is 0.321 e. The lowest BCUT2D eigenvalue weighted by atomic mass is 10.2. The Balaban J connectivity index is 1.99. The third-order valence-electron chi connectivity index (χ3n) is 3.54. The molecule has 0 unspecified atom stereocenters. The maximum Gasteiger partial charge on any atom is 0.274 e. The third kappa shape index (κ3) is 3.21. The van der Waals surface area contributed by atoms with Crippen molar-refractivity contribution in [2.45, 2.75) is 18.2 Å². The molecule has 0 atom stereocenters. The number of nitrogens with one attached hydrogen (secondary N) is 1. The van der Waals surface area contributed by atoms with Crippen molar-refractivity contribution in [3.05, 3.63) is 59.0 Å². The zero-order valence-electron chi connectivity index (χ0n) is 12.8. The second kappa shape index (κ2) is 6.64. The van der Waals surface area contributed by atoms with Gasteiger partial charge in [0.2, 0.25) is 0 Å². The number of hydrogen-bond acceptors (Lipinski definition) is 3. The molecule has 0 bridgehead atoms. The lowest BCUT2D eigenvalue weighted by molar-refractivity contribution is 0.102. The standard InChI is InChI=1S/C17H16ClN3OS/c1-3-14-16(21-8-7-11(18)9-15(21)20-14)17(22)19-12-5-4-6-13(10-12)23-2/h4-10H,3H2,1-2H3,(H,19,22). The van der Waals surface area contributed by atoms with Gasteiger partial charge in [-0.3, -0.25) is 9.20 Å². The van der Waals surface area contributed by atoms with Gasteiger partial charge in [-0.15, -0.1) is 11.8 Å². The molecule has 0 radical (unpaired) electrons. The summed E-state index contributed by atoms with van der Waals surface area (Å²) < 4.78 is 1.78. The molecule has 4 nitrogen and oxygen atoms in total. The van der Waals surface area contributed by atoms with Gasteiger partial charge < -0.3 is 5.32 Å². The average Bonchev–Trinajstić information content (AvgIpc) is 2.92. The number of fused-ring (bicyclic) bond motifs is 1. The summed E-state index contributed by atoms with van der Waals surface area (Å²) in [7, 11) is 0. The van der Waals surface area contributed by atoms with Crippen LogP contribution in [0.25, 0.3) is 5.65 Å². The fraction of sp³-hybridized carbons (Fsp3) is 0.176. The zero-order chi connectivity index (χ0) is 16.4. The first-order valence-corrected chi connectivity index (χ1v) is 8.84. The van der Waals surface area contributed by atoms with Gasteiger partial charge in [0, 0.05) is 27.9 Å². The van der Waals surface area contributed by atoms with Crippen LogP contribution in [0.2, 0.25) is 5.02 Å². The highest BCUT2D eigenvalue weighted by molar-refractivity contribution is 7.98. The Morgan fingerprint density at radius 2 is 2.17 bits per heavy atom. The number of halogens is 1. The molecule has 3 rings (SSSR count). The number of hydrogen-bond donors (Lipinski definition) is 1. The molecule has 118 valence electrons. The molecule has 0 fully saturated rings. The van der Waals surface area contributed by atoms with E-state index in [1.807, 2.05) is 37.4 Å². The summed E-state index contributed by atoms with van der Waals surface area (Å²) in [5.74, 6) is -0.171. The van der Waals surface area contributed by atoms with Gasteiger partial charge >= 0.3 is 0 Å². The van der Waals surface area contributed by atoms with E-state index in [0.29, 0.717) is 22.8 Å². The molecule has 6 heteroatoms. The number of rotatable bonds is 4. The van der Waals surface area contributed by atoms with Crippen LogP contribution in [0.5, 0.6) is 0 Å². The van der Waals surface area contributed by atoms with Crippen molar-refractivity contribution in [2.75, 3.05) is 11.6 Å². The van der Waals surface area contributed by atoms with E-state index in [0.717, 1.165) is 16.3 Å². The number of benzene rings is 1. The van der Waals surface area contributed by atoms with Crippen LogP contribution < -0.4 is 5.32 Å². The molecule has 3 aromatic rings. The highest BCUT2D eigenvalue weighted by Gasteiger charge is 2.18. The monoisotopic (exact) mass is 345 g/mol. The summed E-state index contributed by atoms with van der Waals surface area (Å²) in [5, 5.41) is 3.56. The highest BCUT2D eigenvalue weighted by atomic mass is 35.5. The third-order valence-corrected chi connectivity index (χ3v) is 4.50. The zero-order valence-corrected chi connectivity index (χ0v) is 14.4. The molecule has 2 heterocycles. The van der Waals surface area contributed by atoms with Gasteiger partial charge in [-0.2, -0.15) is 0 Å². The second-order valence-corrected chi connectivity index (χ2v) is 6.34. The highest BCUT2D eigenvalue weighted by Crippen LogP contribution is 2.21. The van der Waals surface area contributed by atoms with E-state index in [-0.39, 0.29) is 5.91 Å². The lowest BCUT2D eigenvalue weighted by Crippen LogP contribution is -2.16. The molecule has 0 aliphatic rings. The Morgan fingerprint density at radius 3 is 2.91 bits per heavy atom. The number of aryl methyl sites for hydroxylation is 1. The van der Waals surface area contributed by atoms with Gasteiger partial charge in [-0.25, -0.2) is 4.98 Å². The molecular weight excluding hydrogens is 330 g/mol. The molecule has 0 saturated carbocycles. The molecule has 1 amide bonds. The van der Waals surface area contributed by atoms with Crippen LogP contribution in [0.1, 0.15) is 23.1 Å². The Kier molecular flexibility index (Phi) is 4.59. The van der Waals surface area contributed by atoms with Crippen LogP contribution in [0.4, 0.5) is 5.69 Å². The van der Waals surface area contributed by atoms with E-state index >= 15 is 0 Å². The van der Waals surface area contributed by atoms with Crippen molar-refractivity contribution in [2.24, 2.45) is 0 Å². The van der Waals surface area contributed by atoms with Gasteiger partial charge in [-0.05, 0) is 36.9 Å². The molecule has 1 aromatic carbocycles. The summed E-state index contributed by atoms with van der Waals surface area (Å²) in [6.45, 7) is 1.98. The van der Waals surface area contributed by atoms with Crippen molar-refractivity contribution in [3.63, 3.8) is 0 Å². The molecule has 1 N–H and O–H groups in total. The SMILES string of the molecule is CCc1nc2cc(Cl)ccn2c1C(=O)Nc1cccc(SC)c1. The first-order chi connectivity index (χ1) is 11.1. The molecule has 0 aliphatic heterocycles. The number of carbonyl (C=O) groups is 1. The minimum atomic E-state index is -0.171. The molecule has 0 saturated heterocycles. The van der Waals surface area contributed by atoms with Gasteiger partial charge in [0.15, 0.2) is 0 Å². The first-order valence-electron chi connectivity index (χ1n) is 7.24. The Morgan fingerprint density at radius 1 is 1.35 bits per heavy atom. The molecule has 2 aromatic heterocycles. The Hall–Kier alpha value is -1.98. The maximum atomic E-state index is 12.7. The van der Waals surface area contributed by atoms with E-state index in [1.165, 1.54) is 0 Å². The van der Waals surface area contributed by atoms with E-state index in [1.54, 1.807) is 34.5 Å². The Bertz CT molecular complexity index is 875. The smallest absolute Gasteiger partial charge is 0.274 e. The number of anilines is 1. The van der Waals surface area contributed by atoms with Gasteiger partial charge in [0.05, 0.1) is 5.69 Å². The molecule has 0 spiro atoms. The maximum absolute atomic E-state index is 12.7. The summed E-state index contributed by atoms with van der Waals surface area (Å²) >= 11 is 7.65. The number of nitrogens with zero attached hydrogens (tertiary/aromatic N) is 2. The Labute approximate surface area is 143 Å². The van der Waals surface area contributed by atoms with Gasteiger partial charge in [-0.1, -0.05) is 24.6 Å². The number of aromatic nitrogens is 2. The lowest BCUT2D eigenvalue weighted by Gasteiger charge is -2.08. The van der Waals surface area contributed by atoms with E-state index in [4.69, 9.17) is 11.6 Å². The van der Waals surface area contributed by atoms with Crippen LogP contribution in [0.15, 0.2) is 47.5 Å². The van der Waals surface area contributed by atoms with Crippen LogP contribution >= 0.6 is 23.4 Å². The van der Waals surface area contributed by atoms with E-state index < -0.39 is 0 Å². The van der Waals surface area contributed by atoms with Crippen molar-refractivity contribution >= 4 is 40.6 Å². The van der Waals surface area contributed by atoms with Gasteiger partial charge in [0.25, 0.3) is 5.91 Å². The first kappa shape index (κ1) is 15.9. The molecule has 23 heavy (non-hydrogen) atoms. The minimum absolute atomic E-state index is 0.171. The number of imidazole rings is 1. The van der Waals surface area contributed by atoms with Crippen LogP contribution in [0, 0.1) is 0 Å². The predicted molar refractivity (Wildman–Crippen MR) is 95.8 cm³/mol. The van der Waals surface area contributed by atoms with E-state index in [9.17, 15) is 4.79 Å². The number of amides is 1. The van der Waals surface area contributed by atoms with Gasteiger partial charge in [0.1, 0.15) is 11.3 Å². The fourth-order valence-electron chi connectivity index (χ4n) is 2.45. The van der Waals surface area contributed by atoms with E-state index in [2.05, 4.69) is 10.3 Å². The molecular formula is C17H16ClN3OS. The predicted octanol–water partition coefficient (Wildman–Crippen LogP) is 4.52. The summed E-state index contributed by atoms with van der Waals surface area (Å²) in [5.41, 5.74) is 2.75. The van der Waals surface area contributed by atoms with Crippen molar-refractivity contribution < 1.29 is 4.79 Å². The van der Waals surface area contributed by atoms with Crippen molar-refractivity contribution in [3.8, 4) is 0 Å². The second-order valence-electron chi connectivity index (χ2n) is 5.02. The van der Waals surface area contributed by atoms with Crippen LogP contribution in [0.3, 0.4) is 0 Å². The fourth-order valence-corrected chi connectivity index (χ4v) is 3.06. The quantitative estimate of drug-likeness (QED) is 0.707. The number of thioether (sulfide) groups is 1. The van der Waals surface area contributed by atoms with Crippen molar-refractivity contribution in [1.29, 1.82) is 0 Å². The minimum Gasteiger partial charge on any atom is -0.321 e. The number of pyridine rings is 1. The summed E-state index contributed by atoms with van der Waals surface area (Å²) in [6, 6.07) is 11.3. The van der Waals surface area contributed by atoms with Crippen molar-refractivity contribution in [1.82, 2.24) is 9.38 Å². The van der Waals surface area contributed by atoms with Crippen LogP contribution in [-0.2, 0) is 6.42 Å². The summed E-state index contributed by atoms with van der Waals surface area (Å²) in [6.07, 6.45) is 4.45. The average molecular weight is 346 g/mol. The topological polar surface area (TPSA) is 46.4 Å². The summed E-state index contributed by atoms with van der Waals surface area (Å²) in [4.78, 5) is 18.3. The van der Waals surface area contributed by atoms with Crippen LogP contribution in [-0.4, -0.2) is 21.5 Å². The normalized spacial score (nSPS) is 10.9. The number of carbonyl (C=O) groups excluding carboxylic acids is 1. The molecule has 0 aliphatic carbocycles.